The summed E-state index contributed by atoms with van der Waals surface area (Å²) in [4.78, 5) is 0.776. The first-order valence-electron chi connectivity index (χ1n) is 9.95. The summed E-state index contributed by atoms with van der Waals surface area (Å²) in [5.41, 5.74) is 2.21. The van der Waals surface area contributed by atoms with Gasteiger partial charge in [0.1, 0.15) is 6.10 Å². The molecule has 0 N–H and O–H groups in total. The fourth-order valence-corrected chi connectivity index (χ4v) is 6.13. The third-order valence-corrected chi connectivity index (χ3v) is 7.75. The van der Waals surface area contributed by atoms with E-state index >= 15 is 0 Å². The lowest BCUT2D eigenvalue weighted by Crippen LogP contribution is -2.20. The van der Waals surface area contributed by atoms with E-state index in [0.717, 1.165) is 10.5 Å². The maximum Gasteiger partial charge on any atom is 0.105 e. The van der Waals surface area contributed by atoms with Crippen LogP contribution in [-0.2, 0) is 14.5 Å². The molecule has 0 fully saturated rings. The Labute approximate surface area is 174 Å². The fourth-order valence-electron chi connectivity index (χ4n) is 3.63. The second-order valence-electron chi connectivity index (χ2n) is 7.34. The summed E-state index contributed by atoms with van der Waals surface area (Å²) in [6.45, 7) is 4.10. The van der Waals surface area contributed by atoms with Crippen molar-refractivity contribution in [3.05, 3.63) is 102 Å². The smallest absolute Gasteiger partial charge is 0.105 e. The van der Waals surface area contributed by atoms with E-state index < -0.39 is 9.73 Å². The fraction of sp³-hybridized carbons (Fsp3) is 0.280. The van der Waals surface area contributed by atoms with Crippen LogP contribution in [0.3, 0.4) is 0 Å². The van der Waals surface area contributed by atoms with Gasteiger partial charge in [-0.15, -0.1) is 0 Å². The number of ether oxygens (including phenoxy) is 1. The number of hydrogen-bond donors (Lipinski definition) is 0. The summed E-state index contributed by atoms with van der Waals surface area (Å²) in [6.07, 6.45) is -0.243. The summed E-state index contributed by atoms with van der Waals surface area (Å²) in [6, 6.07) is 29.6. The van der Waals surface area contributed by atoms with Crippen LogP contribution in [0, 0.1) is 0 Å². The van der Waals surface area contributed by atoms with Crippen LogP contribution in [-0.4, -0.2) is 23.1 Å². The van der Waals surface area contributed by atoms with Crippen LogP contribution in [0.5, 0.6) is 0 Å². The molecule has 0 aromatic heterocycles. The van der Waals surface area contributed by atoms with Crippen molar-refractivity contribution in [2.45, 2.75) is 36.8 Å². The van der Waals surface area contributed by atoms with Gasteiger partial charge < -0.3 is 4.74 Å². The molecule has 0 saturated carbocycles. The lowest BCUT2D eigenvalue weighted by molar-refractivity contribution is 0.0865. The highest BCUT2D eigenvalue weighted by molar-refractivity contribution is 7.93. The Balaban J connectivity index is 1.99. The Morgan fingerprint density at radius 2 is 1.28 bits per heavy atom. The molecule has 0 amide bonds. The highest BCUT2D eigenvalue weighted by Gasteiger charge is 2.24. The van der Waals surface area contributed by atoms with Gasteiger partial charge in [-0.1, -0.05) is 85.8 Å². The molecule has 3 aromatic rings. The highest BCUT2D eigenvalue weighted by atomic mass is 32.2. The second kappa shape index (κ2) is 9.86. The molecule has 152 valence electrons. The Morgan fingerprint density at radius 3 is 1.79 bits per heavy atom. The monoisotopic (exact) mass is 407 g/mol. The topological polar surface area (TPSA) is 38.7 Å². The second-order valence-corrected chi connectivity index (χ2v) is 9.64. The van der Waals surface area contributed by atoms with Crippen molar-refractivity contribution in [3.8, 4) is 0 Å². The molecule has 0 aliphatic rings. The Kier molecular flexibility index (Phi) is 7.24. The number of benzene rings is 3. The quantitative estimate of drug-likeness (QED) is 0.453. The minimum atomic E-state index is -2.63. The number of methoxy groups -OCH3 is 1. The van der Waals surface area contributed by atoms with Gasteiger partial charge >= 0.3 is 0 Å². The molecule has 3 rings (SSSR count). The van der Waals surface area contributed by atoms with Crippen LogP contribution >= 0.6 is 0 Å². The predicted molar refractivity (Wildman–Crippen MR) is 121 cm³/mol. The molecule has 0 aliphatic carbocycles. The van der Waals surface area contributed by atoms with E-state index in [0.29, 0.717) is 5.75 Å². The van der Waals surface area contributed by atoms with Crippen LogP contribution in [0.4, 0.5) is 0 Å². The van der Waals surface area contributed by atoms with E-state index in [1.54, 1.807) is 7.11 Å². The van der Waals surface area contributed by atoms with Gasteiger partial charge in [-0.05, 0) is 36.1 Å². The highest BCUT2D eigenvalue weighted by Crippen LogP contribution is 2.28. The van der Waals surface area contributed by atoms with Gasteiger partial charge in [0.05, 0.1) is 15.8 Å². The first-order chi connectivity index (χ1) is 14.0. The third-order valence-electron chi connectivity index (χ3n) is 5.11. The van der Waals surface area contributed by atoms with Gasteiger partial charge in [-0.3, -0.25) is 0 Å². The van der Waals surface area contributed by atoms with E-state index in [2.05, 4.69) is 19.1 Å². The zero-order chi connectivity index (χ0) is 20.7. The van der Waals surface area contributed by atoms with E-state index in [4.69, 9.17) is 9.10 Å². The van der Waals surface area contributed by atoms with Gasteiger partial charge in [0.15, 0.2) is 0 Å². The maximum atomic E-state index is 14.2. The molecular formula is C25H29NO2S. The van der Waals surface area contributed by atoms with Crippen molar-refractivity contribution in [3.63, 3.8) is 0 Å². The summed E-state index contributed by atoms with van der Waals surface area (Å²) < 4.78 is 24.9. The van der Waals surface area contributed by atoms with Crippen molar-refractivity contribution < 1.29 is 8.95 Å². The van der Waals surface area contributed by atoms with Crippen LogP contribution in [0.25, 0.3) is 0 Å². The summed E-state index contributed by atoms with van der Waals surface area (Å²) in [5.74, 6) is 0.592. The van der Waals surface area contributed by atoms with E-state index in [1.807, 2.05) is 85.8 Å². The van der Waals surface area contributed by atoms with Crippen molar-refractivity contribution >= 4 is 9.73 Å². The molecule has 3 aromatic carbocycles. The van der Waals surface area contributed by atoms with Crippen molar-refractivity contribution in [2.75, 3.05) is 12.9 Å². The standard InChI is InChI=1S/C25H29NO2S/c1-20(22-13-7-4-8-14-22)19-29(27,24-17-11-6-12-18-24)26-21(2)25(28-3)23-15-9-5-10-16-23/h4-18,20-21,25H,19H2,1-3H3/t20-,21-,25-,29-/m1/s1. The average molecular weight is 408 g/mol. The van der Waals surface area contributed by atoms with Gasteiger partial charge in [0, 0.05) is 17.8 Å². The number of rotatable bonds is 8. The molecule has 0 bridgehead atoms. The Bertz CT molecular complexity index is 997. The molecule has 0 aliphatic heterocycles. The Morgan fingerprint density at radius 1 is 0.793 bits per heavy atom. The molecule has 4 atom stereocenters. The summed E-state index contributed by atoms with van der Waals surface area (Å²) in [5, 5.41) is 0. The molecule has 3 nitrogen and oxygen atoms in total. The van der Waals surface area contributed by atoms with Crippen molar-refractivity contribution in [2.24, 2.45) is 4.36 Å². The zero-order valence-corrected chi connectivity index (χ0v) is 18.1. The summed E-state index contributed by atoms with van der Waals surface area (Å²) >= 11 is 0. The van der Waals surface area contributed by atoms with Crippen molar-refractivity contribution in [1.82, 2.24) is 0 Å². The van der Waals surface area contributed by atoms with Gasteiger partial charge in [0.2, 0.25) is 0 Å². The normalized spacial score (nSPS) is 16.4. The summed E-state index contributed by atoms with van der Waals surface area (Å²) in [7, 11) is -0.951. The largest absolute Gasteiger partial charge is 0.375 e. The molecule has 0 unspecified atom stereocenters. The lowest BCUT2D eigenvalue weighted by atomic mass is 10.0. The van der Waals surface area contributed by atoms with Gasteiger partial charge in [-0.2, -0.15) is 0 Å². The first kappa shape index (κ1) is 21.3. The van der Waals surface area contributed by atoms with E-state index in [-0.39, 0.29) is 18.1 Å². The SMILES string of the molecule is CO[C@@H](c1ccccc1)[C@@H](C)N=[S@@](=O)(C[C@@H](C)c1ccccc1)c1ccccc1. The maximum absolute atomic E-state index is 14.2. The van der Waals surface area contributed by atoms with Crippen molar-refractivity contribution in [1.29, 1.82) is 0 Å². The van der Waals surface area contributed by atoms with E-state index in [1.165, 1.54) is 5.56 Å². The molecular weight excluding hydrogens is 378 g/mol. The molecule has 29 heavy (non-hydrogen) atoms. The number of hydrogen-bond acceptors (Lipinski definition) is 3. The average Bonchev–Trinajstić information content (AvgIpc) is 2.76. The van der Waals surface area contributed by atoms with Crippen LogP contribution < -0.4 is 0 Å². The predicted octanol–water partition coefficient (Wildman–Crippen LogP) is 6.09. The van der Waals surface area contributed by atoms with Crippen LogP contribution in [0.2, 0.25) is 0 Å². The van der Waals surface area contributed by atoms with Gasteiger partial charge in [-0.25, -0.2) is 8.57 Å². The molecule has 4 heteroatoms. The Hall–Kier alpha value is -2.43. The molecule has 0 heterocycles. The van der Waals surface area contributed by atoms with Crippen LogP contribution in [0.15, 0.2) is 100 Å². The molecule has 0 spiro atoms. The zero-order valence-electron chi connectivity index (χ0n) is 17.3. The van der Waals surface area contributed by atoms with Crippen LogP contribution in [0.1, 0.15) is 37.0 Å². The first-order valence-corrected chi connectivity index (χ1v) is 11.6. The van der Waals surface area contributed by atoms with Gasteiger partial charge in [0.25, 0.3) is 0 Å². The minimum Gasteiger partial charge on any atom is -0.375 e. The molecule has 0 saturated heterocycles. The van der Waals surface area contributed by atoms with E-state index in [9.17, 15) is 4.21 Å². The third kappa shape index (κ3) is 5.34. The lowest BCUT2D eigenvalue weighted by Gasteiger charge is -2.23. The number of nitrogens with zero attached hydrogens (tertiary/aromatic N) is 1. The minimum absolute atomic E-state index is 0.123. The molecule has 0 radical (unpaired) electrons.